The third kappa shape index (κ3) is 3.18. The molecule has 1 aliphatic heterocycles. The van der Waals surface area contributed by atoms with Crippen LogP contribution in [0.3, 0.4) is 0 Å². The van der Waals surface area contributed by atoms with Crippen LogP contribution in [0.15, 0.2) is 23.0 Å². The van der Waals surface area contributed by atoms with E-state index in [0.29, 0.717) is 5.56 Å². The Labute approximate surface area is 131 Å². The first-order valence-electron chi connectivity index (χ1n) is 8.38. The van der Waals surface area contributed by atoms with E-state index in [1.807, 2.05) is 4.90 Å². The number of fused-ring (bicyclic) bond motifs is 1. The predicted molar refractivity (Wildman–Crippen MR) is 82.4 cm³/mol. The Morgan fingerprint density at radius 2 is 2.05 bits per heavy atom. The summed E-state index contributed by atoms with van der Waals surface area (Å²) in [6, 6.07) is 1.73. The number of hydrogen-bond acceptors (Lipinski definition) is 3. The summed E-state index contributed by atoms with van der Waals surface area (Å²) >= 11 is 0. The lowest BCUT2D eigenvalue weighted by molar-refractivity contribution is -0.128. The molecule has 22 heavy (non-hydrogen) atoms. The first kappa shape index (κ1) is 15.1. The van der Waals surface area contributed by atoms with E-state index in [2.05, 4.69) is 5.32 Å². The summed E-state index contributed by atoms with van der Waals surface area (Å²) in [6.45, 7) is 1.50. The average Bonchev–Trinajstić information content (AvgIpc) is 3.08. The zero-order valence-corrected chi connectivity index (χ0v) is 12.9. The van der Waals surface area contributed by atoms with Crippen molar-refractivity contribution in [1.82, 2.24) is 10.2 Å². The predicted octanol–water partition coefficient (Wildman–Crippen LogP) is 2.58. The van der Waals surface area contributed by atoms with Crippen molar-refractivity contribution in [2.24, 2.45) is 5.92 Å². The molecule has 2 fully saturated rings. The summed E-state index contributed by atoms with van der Waals surface area (Å²) < 4.78 is 5.06. The van der Waals surface area contributed by atoms with Crippen molar-refractivity contribution in [2.45, 2.75) is 51.0 Å². The van der Waals surface area contributed by atoms with E-state index in [4.69, 9.17) is 4.42 Å². The molecule has 120 valence electrons. The quantitative estimate of drug-likeness (QED) is 0.867. The Balaban J connectivity index is 1.85. The van der Waals surface area contributed by atoms with Gasteiger partial charge < -0.3 is 14.6 Å². The van der Waals surface area contributed by atoms with Gasteiger partial charge in [0.1, 0.15) is 6.26 Å². The van der Waals surface area contributed by atoms with Crippen LogP contribution in [-0.4, -0.2) is 35.8 Å². The van der Waals surface area contributed by atoms with Gasteiger partial charge in [0.15, 0.2) is 0 Å². The Morgan fingerprint density at radius 3 is 2.86 bits per heavy atom. The summed E-state index contributed by atoms with van der Waals surface area (Å²) in [4.78, 5) is 27.2. The lowest BCUT2D eigenvalue weighted by Crippen LogP contribution is -2.51. The highest BCUT2D eigenvalue weighted by Crippen LogP contribution is 2.30. The molecule has 0 radical (unpaired) electrons. The number of carbonyl (C=O) groups excluding carboxylic acids is 2. The highest BCUT2D eigenvalue weighted by molar-refractivity contribution is 5.94. The molecule has 1 saturated carbocycles. The molecule has 1 aliphatic carbocycles. The standard InChI is InChI=1S/C17H24N2O3/c20-16-14-6-2-3-7-15(14)19(10-5-1-4-9-18-16)17(21)13-8-11-22-12-13/h8,11-12,14-15H,1-7,9-10H2,(H,18,20)/t14-,15+/m1/s1. The number of nitrogens with one attached hydrogen (secondary N) is 1. The topological polar surface area (TPSA) is 62.6 Å². The number of hydrogen-bond donors (Lipinski definition) is 1. The van der Waals surface area contributed by atoms with Gasteiger partial charge >= 0.3 is 0 Å². The maximum Gasteiger partial charge on any atom is 0.257 e. The van der Waals surface area contributed by atoms with Gasteiger partial charge in [-0.2, -0.15) is 0 Å². The van der Waals surface area contributed by atoms with Gasteiger partial charge in [-0.25, -0.2) is 0 Å². The molecule has 2 atom stereocenters. The normalized spacial score (nSPS) is 26.9. The Hall–Kier alpha value is -1.78. The van der Waals surface area contributed by atoms with Crippen LogP contribution in [0.25, 0.3) is 0 Å². The van der Waals surface area contributed by atoms with E-state index in [9.17, 15) is 9.59 Å². The second-order valence-corrected chi connectivity index (χ2v) is 6.32. The van der Waals surface area contributed by atoms with Gasteiger partial charge in [0.25, 0.3) is 5.91 Å². The van der Waals surface area contributed by atoms with Gasteiger partial charge in [-0.15, -0.1) is 0 Å². The number of carbonyl (C=O) groups is 2. The van der Waals surface area contributed by atoms with Crippen LogP contribution < -0.4 is 5.32 Å². The molecule has 5 nitrogen and oxygen atoms in total. The van der Waals surface area contributed by atoms with Crippen molar-refractivity contribution in [3.05, 3.63) is 24.2 Å². The summed E-state index contributed by atoms with van der Waals surface area (Å²) in [7, 11) is 0. The Bertz CT molecular complexity index is 512. The van der Waals surface area contributed by atoms with E-state index in [-0.39, 0.29) is 23.8 Å². The summed E-state index contributed by atoms with van der Waals surface area (Å²) in [5, 5.41) is 3.05. The van der Waals surface area contributed by atoms with Gasteiger partial charge in [-0.3, -0.25) is 9.59 Å². The van der Waals surface area contributed by atoms with Crippen molar-refractivity contribution in [3.63, 3.8) is 0 Å². The lowest BCUT2D eigenvalue weighted by atomic mass is 9.82. The molecule has 3 rings (SSSR count). The maximum absolute atomic E-state index is 12.8. The molecule has 1 aromatic heterocycles. The van der Waals surface area contributed by atoms with Crippen LogP contribution in [0.2, 0.25) is 0 Å². The molecular weight excluding hydrogens is 280 g/mol. The SMILES string of the molecule is O=C1NCCCCCN(C(=O)c2ccoc2)[C@H]2CCCC[C@@H]12. The first-order valence-corrected chi connectivity index (χ1v) is 8.38. The minimum Gasteiger partial charge on any atom is -0.472 e. The van der Waals surface area contributed by atoms with Crippen molar-refractivity contribution >= 4 is 11.8 Å². The van der Waals surface area contributed by atoms with Crippen molar-refractivity contribution in [2.75, 3.05) is 13.1 Å². The molecule has 1 N–H and O–H groups in total. The monoisotopic (exact) mass is 304 g/mol. The minimum atomic E-state index is -0.0669. The second kappa shape index (κ2) is 6.99. The minimum absolute atomic E-state index is 0.000904. The molecule has 0 spiro atoms. The van der Waals surface area contributed by atoms with E-state index in [1.54, 1.807) is 6.07 Å². The average molecular weight is 304 g/mol. The van der Waals surface area contributed by atoms with Gasteiger partial charge in [-0.05, 0) is 38.2 Å². The fraction of sp³-hybridized carbons (Fsp3) is 0.647. The first-order chi connectivity index (χ1) is 10.8. The van der Waals surface area contributed by atoms with Crippen LogP contribution >= 0.6 is 0 Å². The molecular formula is C17H24N2O3. The molecule has 2 aliphatic rings. The van der Waals surface area contributed by atoms with Crippen molar-refractivity contribution < 1.29 is 14.0 Å². The smallest absolute Gasteiger partial charge is 0.257 e. The lowest BCUT2D eigenvalue weighted by Gasteiger charge is -2.39. The molecule has 1 aromatic rings. The summed E-state index contributed by atoms with van der Waals surface area (Å²) in [5.41, 5.74) is 0.585. The number of amides is 2. The fourth-order valence-electron chi connectivity index (χ4n) is 3.69. The molecule has 1 saturated heterocycles. The Morgan fingerprint density at radius 1 is 1.18 bits per heavy atom. The van der Waals surface area contributed by atoms with E-state index in [0.717, 1.165) is 58.0 Å². The molecule has 2 amide bonds. The largest absolute Gasteiger partial charge is 0.472 e. The number of rotatable bonds is 1. The molecule has 0 bridgehead atoms. The number of nitrogens with zero attached hydrogens (tertiary/aromatic N) is 1. The van der Waals surface area contributed by atoms with Crippen LogP contribution in [0.1, 0.15) is 55.3 Å². The van der Waals surface area contributed by atoms with Crippen LogP contribution in [0, 0.1) is 5.92 Å². The Kier molecular flexibility index (Phi) is 4.80. The highest BCUT2D eigenvalue weighted by Gasteiger charge is 2.37. The van der Waals surface area contributed by atoms with Crippen molar-refractivity contribution in [1.29, 1.82) is 0 Å². The zero-order chi connectivity index (χ0) is 15.4. The molecule has 2 heterocycles. The van der Waals surface area contributed by atoms with E-state index >= 15 is 0 Å². The molecule has 0 aromatic carbocycles. The summed E-state index contributed by atoms with van der Waals surface area (Å²) in [6.07, 6.45) is 9.99. The third-order valence-electron chi connectivity index (χ3n) is 4.87. The van der Waals surface area contributed by atoms with Gasteiger partial charge in [-0.1, -0.05) is 12.8 Å². The second-order valence-electron chi connectivity index (χ2n) is 6.32. The third-order valence-corrected chi connectivity index (χ3v) is 4.87. The number of furan rings is 1. The van der Waals surface area contributed by atoms with Gasteiger partial charge in [0, 0.05) is 19.1 Å². The summed E-state index contributed by atoms with van der Waals surface area (Å²) in [5.74, 6) is 0.0540. The van der Waals surface area contributed by atoms with Gasteiger partial charge in [0.2, 0.25) is 5.91 Å². The fourth-order valence-corrected chi connectivity index (χ4v) is 3.69. The van der Waals surface area contributed by atoms with Crippen LogP contribution in [0.4, 0.5) is 0 Å². The van der Waals surface area contributed by atoms with Crippen LogP contribution in [-0.2, 0) is 4.79 Å². The van der Waals surface area contributed by atoms with E-state index < -0.39 is 0 Å². The van der Waals surface area contributed by atoms with Crippen molar-refractivity contribution in [3.8, 4) is 0 Å². The molecule has 5 heteroatoms. The highest BCUT2D eigenvalue weighted by atomic mass is 16.3. The van der Waals surface area contributed by atoms with Gasteiger partial charge in [0.05, 0.1) is 17.7 Å². The molecule has 0 unspecified atom stereocenters. The van der Waals surface area contributed by atoms with E-state index in [1.165, 1.54) is 12.5 Å². The maximum atomic E-state index is 12.8. The zero-order valence-electron chi connectivity index (χ0n) is 12.9. The van der Waals surface area contributed by atoms with Crippen LogP contribution in [0.5, 0.6) is 0 Å².